The van der Waals surface area contributed by atoms with Crippen LogP contribution in [0.1, 0.15) is 25.5 Å². The van der Waals surface area contributed by atoms with Crippen LogP contribution in [0.4, 0.5) is 0 Å². The lowest BCUT2D eigenvalue weighted by Gasteiger charge is -1.95. The molecule has 0 amide bonds. The van der Waals surface area contributed by atoms with Crippen LogP contribution in [0, 0.1) is 4.84 Å². The van der Waals surface area contributed by atoms with Crippen LogP contribution in [0.15, 0.2) is 10.5 Å². The molecule has 0 unspecified atom stereocenters. The minimum atomic E-state index is 0.258. The maximum Gasteiger partial charge on any atom is 0.284 e. The van der Waals surface area contributed by atoms with Crippen LogP contribution < -0.4 is 0 Å². The fraction of sp³-hybridized carbons (Fsp3) is 0.375. The smallest absolute Gasteiger partial charge is 0.284 e. The largest absolute Gasteiger partial charge is 0.408 e. The van der Waals surface area contributed by atoms with Crippen LogP contribution in [0.2, 0.25) is 0 Å². The van der Waals surface area contributed by atoms with Gasteiger partial charge in [0.05, 0.1) is 0 Å². The summed E-state index contributed by atoms with van der Waals surface area (Å²) in [4.78, 5) is 0.258. The molecule has 0 aliphatic heterocycles. The number of aromatic amines is 2. The topological polar surface area (TPSA) is 70.5 Å². The Morgan fingerprint density at radius 2 is 2.14 bits per heavy atom. The van der Waals surface area contributed by atoms with Gasteiger partial charge in [0.1, 0.15) is 5.69 Å². The maximum atomic E-state index is 5.13. The van der Waals surface area contributed by atoms with Gasteiger partial charge >= 0.3 is 0 Å². The fourth-order valence-corrected chi connectivity index (χ4v) is 1.21. The Bertz CT molecular complexity index is 481. The Balaban J connectivity index is 2.38. The summed E-state index contributed by atoms with van der Waals surface area (Å²) in [5.74, 6) is 0.816. The predicted octanol–water partition coefficient (Wildman–Crippen LogP) is 2.25. The van der Waals surface area contributed by atoms with Crippen molar-refractivity contribution in [2.45, 2.75) is 19.8 Å². The van der Waals surface area contributed by atoms with Gasteiger partial charge in [-0.15, -0.1) is 5.10 Å². The van der Waals surface area contributed by atoms with Gasteiger partial charge in [0.2, 0.25) is 0 Å². The number of rotatable bonds is 2. The molecular formula is C8H10N4OS. The molecule has 0 fully saturated rings. The van der Waals surface area contributed by atoms with E-state index >= 15 is 0 Å². The van der Waals surface area contributed by atoms with E-state index in [0.717, 1.165) is 5.69 Å². The molecule has 0 atom stereocenters. The summed E-state index contributed by atoms with van der Waals surface area (Å²) in [5, 5.41) is 13.4. The van der Waals surface area contributed by atoms with Gasteiger partial charge in [-0.1, -0.05) is 13.8 Å². The lowest BCUT2D eigenvalue weighted by molar-refractivity contribution is 0.549. The average molecular weight is 210 g/mol. The van der Waals surface area contributed by atoms with Crippen molar-refractivity contribution in [1.29, 1.82) is 0 Å². The van der Waals surface area contributed by atoms with Crippen molar-refractivity contribution >= 4 is 12.2 Å². The summed E-state index contributed by atoms with van der Waals surface area (Å²) in [6, 6.07) is 1.90. The SMILES string of the molecule is CC(C)c1cc(-c2n[nH]c(=S)o2)n[nH]1. The Hall–Kier alpha value is -1.43. The van der Waals surface area contributed by atoms with E-state index in [9.17, 15) is 0 Å². The molecule has 0 radical (unpaired) electrons. The third-order valence-corrected chi connectivity index (χ3v) is 2.05. The average Bonchev–Trinajstić information content (AvgIpc) is 2.70. The van der Waals surface area contributed by atoms with Crippen molar-refractivity contribution in [2.24, 2.45) is 0 Å². The lowest BCUT2D eigenvalue weighted by atomic mass is 10.1. The minimum Gasteiger partial charge on any atom is -0.408 e. The van der Waals surface area contributed by atoms with Crippen LogP contribution in [0.3, 0.4) is 0 Å². The van der Waals surface area contributed by atoms with Gasteiger partial charge in [-0.3, -0.25) is 5.10 Å². The predicted molar refractivity (Wildman–Crippen MR) is 53.4 cm³/mol. The second kappa shape index (κ2) is 3.38. The van der Waals surface area contributed by atoms with Gasteiger partial charge in [-0.2, -0.15) is 5.10 Å². The van der Waals surface area contributed by atoms with Crippen molar-refractivity contribution in [3.8, 4) is 11.6 Å². The molecule has 2 aromatic heterocycles. The highest BCUT2D eigenvalue weighted by Gasteiger charge is 2.10. The van der Waals surface area contributed by atoms with Crippen molar-refractivity contribution in [3.63, 3.8) is 0 Å². The first-order valence-corrected chi connectivity index (χ1v) is 4.69. The molecule has 0 saturated carbocycles. The summed E-state index contributed by atoms with van der Waals surface area (Å²) in [5.41, 5.74) is 1.71. The third-order valence-electron chi connectivity index (χ3n) is 1.88. The Kier molecular flexibility index (Phi) is 2.20. The normalized spacial score (nSPS) is 11.1. The van der Waals surface area contributed by atoms with Crippen LogP contribution in [-0.4, -0.2) is 20.4 Å². The Morgan fingerprint density at radius 3 is 2.64 bits per heavy atom. The number of nitrogens with one attached hydrogen (secondary N) is 2. The Morgan fingerprint density at radius 1 is 1.36 bits per heavy atom. The van der Waals surface area contributed by atoms with Crippen molar-refractivity contribution in [2.75, 3.05) is 0 Å². The molecule has 5 nitrogen and oxygen atoms in total. The molecule has 0 spiro atoms. The summed E-state index contributed by atoms with van der Waals surface area (Å²) >= 11 is 4.77. The zero-order chi connectivity index (χ0) is 10.1. The Labute approximate surface area is 85.5 Å². The van der Waals surface area contributed by atoms with Crippen LogP contribution in [0.5, 0.6) is 0 Å². The van der Waals surface area contributed by atoms with E-state index in [1.165, 1.54) is 0 Å². The molecular weight excluding hydrogens is 200 g/mol. The van der Waals surface area contributed by atoms with Gasteiger partial charge in [0.25, 0.3) is 10.7 Å². The number of aromatic nitrogens is 4. The number of hydrogen-bond donors (Lipinski definition) is 2. The number of hydrogen-bond acceptors (Lipinski definition) is 4. The second-order valence-corrected chi connectivity index (χ2v) is 3.65. The first-order chi connectivity index (χ1) is 6.66. The zero-order valence-corrected chi connectivity index (χ0v) is 8.68. The van der Waals surface area contributed by atoms with E-state index in [2.05, 4.69) is 34.2 Å². The highest BCUT2D eigenvalue weighted by molar-refractivity contribution is 7.71. The fourth-order valence-electron chi connectivity index (χ4n) is 1.08. The number of H-pyrrole nitrogens is 2. The van der Waals surface area contributed by atoms with Gasteiger partial charge in [-0.05, 0) is 24.2 Å². The monoisotopic (exact) mass is 210 g/mol. The van der Waals surface area contributed by atoms with Crippen LogP contribution in [-0.2, 0) is 0 Å². The van der Waals surface area contributed by atoms with E-state index in [1.54, 1.807) is 0 Å². The summed E-state index contributed by atoms with van der Waals surface area (Å²) in [7, 11) is 0. The molecule has 0 aromatic carbocycles. The highest BCUT2D eigenvalue weighted by Crippen LogP contribution is 2.18. The van der Waals surface area contributed by atoms with Gasteiger partial charge in [0, 0.05) is 5.69 Å². The van der Waals surface area contributed by atoms with E-state index in [4.69, 9.17) is 16.6 Å². The lowest BCUT2D eigenvalue weighted by Crippen LogP contribution is -1.85. The molecule has 2 aromatic rings. The van der Waals surface area contributed by atoms with E-state index < -0.39 is 0 Å². The minimum absolute atomic E-state index is 0.258. The zero-order valence-electron chi connectivity index (χ0n) is 7.87. The number of nitrogens with zero attached hydrogens (tertiary/aromatic N) is 2. The molecule has 2 heterocycles. The quantitative estimate of drug-likeness (QED) is 0.746. The molecule has 74 valence electrons. The molecule has 0 aliphatic rings. The van der Waals surface area contributed by atoms with Crippen LogP contribution in [0.25, 0.3) is 11.6 Å². The van der Waals surface area contributed by atoms with Crippen LogP contribution >= 0.6 is 12.2 Å². The van der Waals surface area contributed by atoms with E-state index in [-0.39, 0.29) is 4.84 Å². The van der Waals surface area contributed by atoms with Gasteiger partial charge < -0.3 is 4.42 Å². The second-order valence-electron chi connectivity index (χ2n) is 3.28. The first-order valence-electron chi connectivity index (χ1n) is 4.28. The maximum absolute atomic E-state index is 5.13. The summed E-state index contributed by atoms with van der Waals surface area (Å²) < 4.78 is 5.13. The van der Waals surface area contributed by atoms with E-state index in [0.29, 0.717) is 17.5 Å². The molecule has 0 aliphatic carbocycles. The summed E-state index contributed by atoms with van der Waals surface area (Å²) in [6.07, 6.45) is 0. The van der Waals surface area contributed by atoms with Crippen molar-refractivity contribution in [1.82, 2.24) is 20.4 Å². The van der Waals surface area contributed by atoms with Crippen molar-refractivity contribution in [3.05, 3.63) is 16.6 Å². The van der Waals surface area contributed by atoms with Gasteiger partial charge in [0.15, 0.2) is 0 Å². The molecule has 2 rings (SSSR count). The third kappa shape index (κ3) is 1.60. The summed E-state index contributed by atoms with van der Waals surface area (Å²) in [6.45, 7) is 4.16. The van der Waals surface area contributed by atoms with E-state index in [1.807, 2.05) is 6.07 Å². The molecule has 0 bridgehead atoms. The standard InChI is InChI=1S/C8H10N4OS/c1-4(2)5-3-6(10-9-5)7-11-12-8(14)13-7/h3-4H,1-2H3,(H,9,10)(H,12,14). The first kappa shape index (κ1) is 9.14. The molecule has 0 saturated heterocycles. The molecule has 6 heteroatoms. The molecule has 2 N–H and O–H groups in total. The highest BCUT2D eigenvalue weighted by atomic mass is 32.1. The molecule has 14 heavy (non-hydrogen) atoms. The van der Waals surface area contributed by atoms with Crippen molar-refractivity contribution < 1.29 is 4.42 Å². The van der Waals surface area contributed by atoms with Gasteiger partial charge in [-0.25, -0.2) is 5.10 Å².